The standard InChI is InChI=1S/C27H24N2O3S/c1-19-10-14-25(15-11-19)33(31,32)29-18-23-9-5-4-8-22(23)17-26(29)27(30)28-24-13-12-20-6-2-3-7-21(20)16-24/h2-16,26H,17-18H2,1H3,(H,28,30). The molecule has 4 aromatic carbocycles. The van der Waals surface area contributed by atoms with Crippen molar-refractivity contribution in [3.8, 4) is 0 Å². The smallest absolute Gasteiger partial charge is 0.244 e. The summed E-state index contributed by atoms with van der Waals surface area (Å²) in [5.41, 5.74) is 3.53. The number of hydrogen-bond acceptors (Lipinski definition) is 3. The maximum absolute atomic E-state index is 13.6. The summed E-state index contributed by atoms with van der Waals surface area (Å²) in [6, 6.07) is 27.2. The number of nitrogens with one attached hydrogen (secondary N) is 1. The van der Waals surface area contributed by atoms with Gasteiger partial charge in [0.05, 0.1) is 4.90 Å². The van der Waals surface area contributed by atoms with E-state index in [0.717, 1.165) is 27.5 Å². The second kappa shape index (κ2) is 8.46. The average Bonchev–Trinajstić information content (AvgIpc) is 2.83. The van der Waals surface area contributed by atoms with Gasteiger partial charge in [0.25, 0.3) is 0 Å². The highest BCUT2D eigenvalue weighted by Gasteiger charge is 2.39. The SMILES string of the molecule is Cc1ccc(S(=O)(=O)N2Cc3ccccc3CC2C(=O)Nc2ccc3ccccc3c2)cc1. The van der Waals surface area contributed by atoms with Gasteiger partial charge in [0.15, 0.2) is 0 Å². The summed E-state index contributed by atoms with van der Waals surface area (Å²) < 4.78 is 28.5. The molecule has 4 aromatic rings. The zero-order chi connectivity index (χ0) is 23.0. The van der Waals surface area contributed by atoms with Crippen LogP contribution in [0.3, 0.4) is 0 Å². The molecular formula is C27H24N2O3S. The number of hydrogen-bond donors (Lipinski definition) is 1. The Labute approximate surface area is 193 Å². The topological polar surface area (TPSA) is 66.5 Å². The highest BCUT2D eigenvalue weighted by molar-refractivity contribution is 7.89. The fraction of sp³-hybridized carbons (Fsp3) is 0.148. The van der Waals surface area contributed by atoms with Crippen LogP contribution in [-0.2, 0) is 27.8 Å². The highest BCUT2D eigenvalue weighted by Crippen LogP contribution is 2.30. The lowest BCUT2D eigenvalue weighted by atomic mass is 9.95. The van der Waals surface area contributed by atoms with Crippen molar-refractivity contribution < 1.29 is 13.2 Å². The number of amides is 1. The quantitative estimate of drug-likeness (QED) is 0.475. The maximum atomic E-state index is 13.6. The lowest BCUT2D eigenvalue weighted by Gasteiger charge is -2.35. The molecule has 0 fully saturated rings. The minimum absolute atomic E-state index is 0.155. The van der Waals surface area contributed by atoms with Crippen LogP contribution in [0.15, 0.2) is 95.9 Å². The van der Waals surface area contributed by atoms with E-state index in [2.05, 4.69) is 5.32 Å². The monoisotopic (exact) mass is 456 g/mol. The van der Waals surface area contributed by atoms with Gasteiger partial charge in [-0.15, -0.1) is 0 Å². The molecule has 0 bridgehead atoms. The van der Waals surface area contributed by atoms with E-state index in [0.29, 0.717) is 12.1 Å². The molecule has 0 aromatic heterocycles. The van der Waals surface area contributed by atoms with Gasteiger partial charge in [0.1, 0.15) is 6.04 Å². The summed E-state index contributed by atoms with van der Waals surface area (Å²) in [5, 5.41) is 5.03. The third kappa shape index (κ3) is 4.15. The summed E-state index contributed by atoms with van der Waals surface area (Å²) in [5.74, 6) is -0.338. The summed E-state index contributed by atoms with van der Waals surface area (Å²) >= 11 is 0. The molecule has 0 saturated heterocycles. The van der Waals surface area contributed by atoms with Crippen LogP contribution in [0.25, 0.3) is 10.8 Å². The maximum Gasteiger partial charge on any atom is 0.244 e. The van der Waals surface area contributed by atoms with Gasteiger partial charge in [0, 0.05) is 12.2 Å². The van der Waals surface area contributed by atoms with Gasteiger partial charge < -0.3 is 5.32 Å². The van der Waals surface area contributed by atoms with Crippen molar-refractivity contribution in [2.24, 2.45) is 0 Å². The third-order valence-electron chi connectivity index (χ3n) is 6.15. The van der Waals surface area contributed by atoms with Gasteiger partial charge in [0.2, 0.25) is 15.9 Å². The van der Waals surface area contributed by atoms with E-state index in [-0.39, 0.29) is 17.3 Å². The lowest BCUT2D eigenvalue weighted by Crippen LogP contribution is -2.50. The van der Waals surface area contributed by atoms with Gasteiger partial charge in [-0.3, -0.25) is 4.79 Å². The molecule has 0 radical (unpaired) electrons. The van der Waals surface area contributed by atoms with Crippen molar-refractivity contribution >= 4 is 32.4 Å². The Morgan fingerprint density at radius 3 is 2.27 bits per heavy atom. The van der Waals surface area contributed by atoms with Crippen LogP contribution in [0, 0.1) is 6.92 Å². The van der Waals surface area contributed by atoms with Crippen LogP contribution in [0.2, 0.25) is 0 Å². The van der Waals surface area contributed by atoms with Crippen molar-refractivity contribution in [1.29, 1.82) is 0 Å². The largest absolute Gasteiger partial charge is 0.325 e. The number of anilines is 1. The summed E-state index contributed by atoms with van der Waals surface area (Å²) in [7, 11) is -3.87. The van der Waals surface area contributed by atoms with Gasteiger partial charge in [-0.1, -0.05) is 72.3 Å². The van der Waals surface area contributed by atoms with Crippen LogP contribution in [-0.4, -0.2) is 24.7 Å². The van der Waals surface area contributed by atoms with Crippen LogP contribution >= 0.6 is 0 Å². The van der Waals surface area contributed by atoms with Crippen LogP contribution in [0.1, 0.15) is 16.7 Å². The van der Waals surface area contributed by atoms with Crippen LogP contribution < -0.4 is 5.32 Å². The highest BCUT2D eigenvalue weighted by atomic mass is 32.2. The number of nitrogens with zero attached hydrogens (tertiary/aromatic N) is 1. The molecule has 5 rings (SSSR count). The van der Waals surface area contributed by atoms with Crippen molar-refractivity contribution in [2.45, 2.75) is 30.8 Å². The van der Waals surface area contributed by atoms with E-state index < -0.39 is 16.1 Å². The molecule has 1 unspecified atom stereocenters. The fourth-order valence-electron chi connectivity index (χ4n) is 4.31. The first kappa shape index (κ1) is 21.4. The Morgan fingerprint density at radius 1 is 0.848 bits per heavy atom. The number of aryl methyl sites for hydroxylation is 1. The summed E-state index contributed by atoms with van der Waals surface area (Å²) in [4.78, 5) is 13.6. The summed E-state index contributed by atoms with van der Waals surface area (Å²) in [6.45, 7) is 2.07. The molecule has 0 spiro atoms. The molecule has 5 nitrogen and oxygen atoms in total. The van der Waals surface area contributed by atoms with Gasteiger partial charge in [-0.05, 0) is 59.5 Å². The minimum Gasteiger partial charge on any atom is -0.325 e. The predicted molar refractivity (Wildman–Crippen MR) is 130 cm³/mol. The van der Waals surface area contributed by atoms with E-state index in [1.807, 2.05) is 73.7 Å². The molecule has 166 valence electrons. The first-order valence-corrected chi connectivity index (χ1v) is 12.3. The molecule has 0 aliphatic carbocycles. The first-order chi connectivity index (χ1) is 15.9. The Balaban J connectivity index is 1.50. The molecule has 1 aliphatic rings. The predicted octanol–water partition coefficient (Wildman–Crippen LogP) is 4.90. The molecule has 1 atom stereocenters. The minimum atomic E-state index is -3.87. The molecular weight excluding hydrogens is 432 g/mol. The van der Waals surface area contributed by atoms with Crippen molar-refractivity contribution in [3.05, 3.63) is 108 Å². The first-order valence-electron chi connectivity index (χ1n) is 10.9. The lowest BCUT2D eigenvalue weighted by molar-refractivity contribution is -0.120. The molecule has 0 saturated carbocycles. The number of sulfonamides is 1. The average molecular weight is 457 g/mol. The Kier molecular flexibility index (Phi) is 5.48. The van der Waals surface area contributed by atoms with Gasteiger partial charge in [-0.25, -0.2) is 8.42 Å². The zero-order valence-electron chi connectivity index (χ0n) is 18.2. The molecule has 1 amide bonds. The van der Waals surface area contributed by atoms with Gasteiger partial charge >= 0.3 is 0 Å². The Morgan fingerprint density at radius 2 is 1.52 bits per heavy atom. The van der Waals surface area contributed by atoms with Crippen molar-refractivity contribution in [1.82, 2.24) is 4.31 Å². The van der Waals surface area contributed by atoms with E-state index in [9.17, 15) is 13.2 Å². The van der Waals surface area contributed by atoms with E-state index in [1.54, 1.807) is 24.3 Å². The second-order valence-electron chi connectivity index (χ2n) is 8.40. The molecule has 6 heteroatoms. The normalized spacial score (nSPS) is 16.3. The number of rotatable bonds is 4. The number of fused-ring (bicyclic) bond motifs is 2. The van der Waals surface area contributed by atoms with E-state index in [4.69, 9.17) is 0 Å². The van der Waals surface area contributed by atoms with Gasteiger partial charge in [-0.2, -0.15) is 4.31 Å². The number of carbonyl (C=O) groups excluding carboxylic acids is 1. The fourth-order valence-corrected chi connectivity index (χ4v) is 5.88. The Bertz CT molecular complexity index is 1450. The molecule has 33 heavy (non-hydrogen) atoms. The summed E-state index contributed by atoms with van der Waals surface area (Å²) in [6.07, 6.45) is 0.320. The third-order valence-corrected chi connectivity index (χ3v) is 8.02. The van der Waals surface area contributed by atoms with E-state index >= 15 is 0 Å². The van der Waals surface area contributed by atoms with Crippen LogP contribution in [0.5, 0.6) is 0 Å². The molecule has 1 heterocycles. The van der Waals surface area contributed by atoms with Crippen molar-refractivity contribution in [2.75, 3.05) is 5.32 Å². The second-order valence-corrected chi connectivity index (χ2v) is 10.3. The van der Waals surface area contributed by atoms with Crippen molar-refractivity contribution in [3.63, 3.8) is 0 Å². The number of carbonyl (C=O) groups is 1. The number of benzene rings is 4. The van der Waals surface area contributed by atoms with E-state index in [1.165, 1.54) is 4.31 Å². The van der Waals surface area contributed by atoms with Crippen LogP contribution in [0.4, 0.5) is 5.69 Å². The zero-order valence-corrected chi connectivity index (χ0v) is 19.0. The molecule has 1 aliphatic heterocycles. The Hall–Kier alpha value is -3.48. The molecule has 1 N–H and O–H groups in total.